The number of carboxylic acids is 1. The first-order chi connectivity index (χ1) is 14.3. The second-order valence-corrected chi connectivity index (χ2v) is 8.28. The van der Waals surface area contributed by atoms with Crippen LogP contribution in [0.15, 0.2) is 30.5 Å². The number of rotatable bonds is 6. The first kappa shape index (κ1) is 21.7. The van der Waals surface area contributed by atoms with Crippen molar-refractivity contribution in [3.63, 3.8) is 0 Å². The van der Waals surface area contributed by atoms with Crippen LogP contribution >= 0.6 is 0 Å². The lowest BCUT2D eigenvalue weighted by Crippen LogP contribution is -2.43. The predicted molar refractivity (Wildman–Crippen MR) is 115 cm³/mol. The highest BCUT2D eigenvalue weighted by molar-refractivity contribution is 6.01. The molecule has 6 nitrogen and oxygen atoms in total. The molecular weight excluding hydrogens is 385 g/mol. The molecule has 1 fully saturated rings. The molecule has 3 rings (SSSR count). The van der Waals surface area contributed by atoms with Crippen LogP contribution in [0, 0.1) is 17.7 Å². The van der Waals surface area contributed by atoms with Gasteiger partial charge in [-0.3, -0.25) is 9.69 Å². The number of aromatic carboxylic acids is 1. The topological polar surface area (TPSA) is 75.4 Å². The summed E-state index contributed by atoms with van der Waals surface area (Å²) in [7, 11) is 0. The van der Waals surface area contributed by atoms with Gasteiger partial charge in [0.05, 0.1) is 0 Å². The van der Waals surface area contributed by atoms with Crippen LogP contribution in [0.25, 0.3) is 12.3 Å². The molecule has 1 aromatic heterocycles. The van der Waals surface area contributed by atoms with Crippen molar-refractivity contribution in [1.29, 1.82) is 0 Å². The van der Waals surface area contributed by atoms with E-state index < -0.39 is 5.97 Å². The van der Waals surface area contributed by atoms with Crippen LogP contribution in [0.3, 0.4) is 0 Å². The van der Waals surface area contributed by atoms with Crippen molar-refractivity contribution >= 4 is 30.0 Å². The SMILES string of the molecule is CC(C)N(c1nn(C=Cc2ccc(F)cc2)cc1C(=O)O)C(=O)[C@H]1CC[C@H](C)CC1. The van der Waals surface area contributed by atoms with Crippen LogP contribution in [0.1, 0.15) is 62.4 Å². The summed E-state index contributed by atoms with van der Waals surface area (Å²) in [5.41, 5.74) is 0.725. The molecule has 30 heavy (non-hydrogen) atoms. The van der Waals surface area contributed by atoms with Gasteiger partial charge in [-0.25, -0.2) is 13.9 Å². The summed E-state index contributed by atoms with van der Waals surface area (Å²) in [6.07, 6.45) is 8.32. The van der Waals surface area contributed by atoms with Gasteiger partial charge in [0.15, 0.2) is 5.82 Å². The number of amides is 1. The number of aromatic nitrogens is 2. The second-order valence-electron chi connectivity index (χ2n) is 8.28. The Morgan fingerprint density at radius 2 is 1.83 bits per heavy atom. The summed E-state index contributed by atoms with van der Waals surface area (Å²) in [4.78, 5) is 26.7. The van der Waals surface area contributed by atoms with Crippen LogP contribution in [0.5, 0.6) is 0 Å². The van der Waals surface area contributed by atoms with Crippen molar-refractivity contribution < 1.29 is 19.1 Å². The number of anilines is 1. The maximum atomic E-state index is 13.3. The maximum absolute atomic E-state index is 13.3. The molecule has 0 radical (unpaired) electrons. The Kier molecular flexibility index (Phi) is 6.70. The minimum absolute atomic E-state index is 0.0232. The van der Waals surface area contributed by atoms with E-state index in [1.54, 1.807) is 24.4 Å². The number of hydrogen-bond acceptors (Lipinski definition) is 3. The van der Waals surface area contributed by atoms with E-state index in [9.17, 15) is 19.1 Å². The molecule has 160 valence electrons. The molecule has 1 aliphatic carbocycles. The summed E-state index contributed by atoms with van der Waals surface area (Å²) in [5, 5.41) is 14.1. The Morgan fingerprint density at radius 1 is 1.20 bits per heavy atom. The lowest BCUT2D eigenvalue weighted by molar-refractivity contribution is -0.123. The van der Waals surface area contributed by atoms with E-state index in [4.69, 9.17) is 0 Å². The average molecular weight is 413 g/mol. The quantitative estimate of drug-likeness (QED) is 0.730. The minimum atomic E-state index is -1.14. The summed E-state index contributed by atoms with van der Waals surface area (Å²) in [6, 6.07) is 5.70. The Labute approximate surface area is 176 Å². The molecule has 1 amide bonds. The van der Waals surface area contributed by atoms with E-state index in [1.165, 1.54) is 27.9 Å². The molecule has 1 saturated carbocycles. The highest BCUT2D eigenvalue weighted by atomic mass is 19.1. The van der Waals surface area contributed by atoms with Crippen molar-refractivity contribution in [2.24, 2.45) is 11.8 Å². The Bertz CT molecular complexity index is 926. The van der Waals surface area contributed by atoms with E-state index in [0.717, 1.165) is 31.2 Å². The van der Waals surface area contributed by atoms with Crippen molar-refractivity contribution in [2.75, 3.05) is 4.90 Å². The van der Waals surface area contributed by atoms with Crippen molar-refractivity contribution in [3.8, 4) is 0 Å². The highest BCUT2D eigenvalue weighted by Gasteiger charge is 2.33. The number of carbonyl (C=O) groups excluding carboxylic acids is 1. The van der Waals surface area contributed by atoms with Crippen LogP contribution in [-0.4, -0.2) is 32.8 Å². The van der Waals surface area contributed by atoms with Gasteiger partial charge in [0.2, 0.25) is 5.91 Å². The smallest absolute Gasteiger partial charge is 0.341 e. The standard InChI is InChI=1S/C23H28FN3O3/c1-15(2)27(22(28)18-8-4-16(3)5-9-18)21-20(23(29)30)14-26(25-21)13-12-17-6-10-19(24)11-7-17/h6-7,10-16,18H,4-5,8-9H2,1-3H3,(H,29,30)/t16-,18-. The van der Waals surface area contributed by atoms with E-state index in [1.807, 2.05) is 13.8 Å². The molecule has 1 aromatic carbocycles. The van der Waals surface area contributed by atoms with Gasteiger partial charge in [-0.2, -0.15) is 0 Å². The zero-order chi connectivity index (χ0) is 21.8. The number of hydrogen-bond donors (Lipinski definition) is 1. The first-order valence-corrected chi connectivity index (χ1v) is 10.4. The Balaban J connectivity index is 1.90. The number of carbonyl (C=O) groups is 2. The Morgan fingerprint density at radius 3 is 2.40 bits per heavy atom. The fourth-order valence-electron chi connectivity index (χ4n) is 3.83. The van der Waals surface area contributed by atoms with Crippen LogP contribution in [0.2, 0.25) is 0 Å². The fraction of sp³-hybridized carbons (Fsp3) is 0.435. The van der Waals surface area contributed by atoms with Crippen molar-refractivity contribution in [1.82, 2.24) is 9.78 Å². The van der Waals surface area contributed by atoms with Crippen LogP contribution in [-0.2, 0) is 4.79 Å². The third-order valence-corrected chi connectivity index (χ3v) is 5.58. The van der Waals surface area contributed by atoms with E-state index >= 15 is 0 Å². The van der Waals surface area contributed by atoms with Crippen molar-refractivity contribution in [2.45, 2.75) is 52.5 Å². The first-order valence-electron chi connectivity index (χ1n) is 10.4. The van der Waals surface area contributed by atoms with Gasteiger partial charge in [-0.1, -0.05) is 19.1 Å². The van der Waals surface area contributed by atoms with Gasteiger partial charge in [0.1, 0.15) is 11.4 Å². The monoisotopic (exact) mass is 413 g/mol. The highest BCUT2D eigenvalue weighted by Crippen LogP contribution is 2.32. The maximum Gasteiger partial charge on any atom is 0.341 e. The lowest BCUT2D eigenvalue weighted by atomic mass is 9.82. The molecule has 0 spiro atoms. The third kappa shape index (κ3) is 4.96. The van der Waals surface area contributed by atoms with E-state index in [2.05, 4.69) is 12.0 Å². The summed E-state index contributed by atoms with van der Waals surface area (Å²) in [5.74, 6) is -0.860. The van der Waals surface area contributed by atoms with E-state index in [-0.39, 0.29) is 35.1 Å². The lowest BCUT2D eigenvalue weighted by Gasteiger charge is -2.32. The fourth-order valence-corrected chi connectivity index (χ4v) is 3.83. The molecule has 0 saturated heterocycles. The normalized spacial score (nSPS) is 19.4. The third-order valence-electron chi connectivity index (χ3n) is 5.58. The molecule has 7 heteroatoms. The largest absolute Gasteiger partial charge is 0.477 e. The van der Waals surface area contributed by atoms with Crippen LogP contribution in [0.4, 0.5) is 10.2 Å². The molecule has 1 heterocycles. The molecule has 0 aliphatic heterocycles. The average Bonchev–Trinajstić information content (AvgIpc) is 3.12. The molecule has 2 aromatic rings. The molecule has 1 aliphatic rings. The number of halogens is 1. The molecule has 0 bridgehead atoms. The van der Waals surface area contributed by atoms with Gasteiger partial charge >= 0.3 is 5.97 Å². The zero-order valence-corrected chi connectivity index (χ0v) is 17.6. The zero-order valence-electron chi connectivity index (χ0n) is 17.6. The predicted octanol–water partition coefficient (Wildman–Crippen LogP) is 4.92. The number of carboxylic acid groups (broad SMARTS) is 1. The van der Waals surface area contributed by atoms with Crippen LogP contribution < -0.4 is 4.90 Å². The van der Waals surface area contributed by atoms with Crippen molar-refractivity contribution in [3.05, 3.63) is 47.4 Å². The van der Waals surface area contributed by atoms with Gasteiger partial charge < -0.3 is 5.11 Å². The van der Waals surface area contributed by atoms with Gasteiger partial charge in [0.25, 0.3) is 0 Å². The van der Waals surface area contributed by atoms with Gasteiger partial charge in [-0.15, -0.1) is 5.10 Å². The van der Waals surface area contributed by atoms with E-state index in [0.29, 0.717) is 5.92 Å². The summed E-state index contributed by atoms with van der Waals surface area (Å²) in [6.45, 7) is 5.92. The Hall–Kier alpha value is -2.96. The second kappa shape index (κ2) is 9.24. The molecular formula is C23H28FN3O3. The molecule has 0 unspecified atom stereocenters. The minimum Gasteiger partial charge on any atom is -0.477 e. The summed E-state index contributed by atoms with van der Waals surface area (Å²) < 4.78 is 14.4. The number of benzene rings is 1. The van der Waals surface area contributed by atoms with Gasteiger partial charge in [-0.05, 0) is 69.2 Å². The number of nitrogens with zero attached hydrogens (tertiary/aromatic N) is 3. The van der Waals surface area contributed by atoms with Gasteiger partial charge in [0, 0.05) is 24.4 Å². The molecule has 0 atom stereocenters. The molecule has 1 N–H and O–H groups in total. The summed E-state index contributed by atoms with van der Waals surface area (Å²) >= 11 is 0.